The average molecular weight is 451 g/mol. The molecule has 1 atom stereocenters. The number of aromatic nitrogens is 3. The number of aryl methyl sites for hydroxylation is 1. The van der Waals surface area contributed by atoms with Gasteiger partial charge in [-0.3, -0.25) is 4.79 Å². The predicted octanol–water partition coefficient (Wildman–Crippen LogP) is 5.30. The second-order valence-corrected chi connectivity index (χ2v) is 8.17. The Bertz CT molecular complexity index is 1010. The molecule has 152 valence electrons. The van der Waals surface area contributed by atoms with E-state index in [1.165, 1.54) is 11.8 Å². The maximum absolute atomic E-state index is 12.3. The maximum Gasteiger partial charge on any atom is 0.234 e. The van der Waals surface area contributed by atoms with Crippen LogP contribution in [0.3, 0.4) is 0 Å². The first kappa shape index (κ1) is 21.5. The smallest absolute Gasteiger partial charge is 0.234 e. The van der Waals surface area contributed by atoms with Crippen molar-refractivity contribution >= 4 is 46.6 Å². The van der Waals surface area contributed by atoms with Crippen molar-refractivity contribution < 1.29 is 9.53 Å². The third-order valence-electron chi connectivity index (χ3n) is 4.09. The van der Waals surface area contributed by atoms with E-state index >= 15 is 0 Å². The first-order valence-corrected chi connectivity index (χ1v) is 10.6. The first-order valence-electron chi connectivity index (χ1n) is 8.84. The number of halogens is 2. The molecule has 3 rings (SSSR count). The zero-order valence-corrected chi connectivity index (χ0v) is 18.5. The summed E-state index contributed by atoms with van der Waals surface area (Å²) in [6.07, 6.45) is -0.292. The zero-order chi connectivity index (χ0) is 21.0. The molecule has 1 N–H and O–H groups in total. The number of hydrogen-bond donors (Lipinski definition) is 1. The minimum atomic E-state index is -0.292. The van der Waals surface area contributed by atoms with Crippen LogP contribution in [-0.4, -0.2) is 26.4 Å². The summed E-state index contributed by atoms with van der Waals surface area (Å²) in [5, 5.41) is 12.5. The second kappa shape index (κ2) is 9.52. The van der Waals surface area contributed by atoms with Crippen molar-refractivity contribution in [3.8, 4) is 5.75 Å². The van der Waals surface area contributed by atoms with Gasteiger partial charge in [0, 0.05) is 7.05 Å². The standard InChI is InChI=1S/C20H20Cl2N4O2S/c1-12-6-4-7-14(10-12)28-13(2)19-24-25-20(26(19)3)29-11-17(27)23-18-15(21)8-5-9-16(18)22/h4-10,13H,11H2,1-3H3,(H,23,27). The molecule has 3 aromatic rings. The molecule has 0 bridgehead atoms. The zero-order valence-electron chi connectivity index (χ0n) is 16.1. The molecule has 0 saturated heterocycles. The van der Waals surface area contributed by atoms with Crippen molar-refractivity contribution in [2.75, 3.05) is 11.1 Å². The van der Waals surface area contributed by atoms with Crippen molar-refractivity contribution in [2.45, 2.75) is 25.1 Å². The number of benzene rings is 2. The van der Waals surface area contributed by atoms with E-state index in [1.807, 2.05) is 49.7 Å². The lowest BCUT2D eigenvalue weighted by atomic mass is 10.2. The summed E-state index contributed by atoms with van der Waals surface area (Å²) in [7, 11) is 1.84. The molecule has 0 aliphatic heterocycles. The van der Waals surface area contributed by atoms with Crippen LogP contribution in [0.4, 0.5) is 5.69 Å². The molecule has 0 radical (unpaired) electrons. The summed E-state index contributed by atoms with van der Waals surface area (Å²) in [6.45, 7) is 3.92. The Morgan fingerprint density at radius 3 is 2.59 bits per heavy atom. The Morgan fingerprint density at radius 1 is 1.21 bits per heavy atom. The van der Waals surface area contributed by atoms with E-state index in [0.29, 0.717) is 26.7 Å². The van der Waals surface area contributed by atoms with Gasteiger partial charge in [0.15, 0.2) is 17.1 Å². The van der Waals surface area contributed by atoms with Crippen LogP contribution >= 0.6 is 35.0 Å². The third-order valence-corrected chi connectivity index (χ3v) is 5.74. The number of amides is 1. The van der Waals surface area contributed by atoms with Crippen LogP contribution in [0.2, 0.25) is 10.0 Å². The number of nitrogens with one attached hydrogen (secondary N) is 1. The number of rotatable bonds is 7. The lowest BCUT2D eigenvalue weighted by Gasteiger charge is -2.14. The minimum absolute atomic E-state index is 0.140. The maximum atomic E-state index is 12.3. The highest BCUT2D eigenvalue weighted by Gasteiger charge is 2.18. The molecule has 0 saturated carbocycles. The summed E-state index contributed by atoms with van der Waals surface area (Å²) < 4.78 is 7.79. The number of hydrogen-bond acceptors (Lipinski definition) is 5. The van der Waals surface area contributed by atoms with Crippen LogP contribution in [-0.2, 0) is 11.8 Å². The van der Waals surface area contributed by atoms with E-state index < -0.39 is 0 Å². The fourth-order valence-corrected chi connectivity index (χ4v) is 3.88. The highest BCUT2D eigenvalue weighted by Crippen LogP contribution is 2.30. The molecule has 1 aromatic heterocycles. The number of carbonyl (C=O) groups excluding carboxylic acids is 1. The van der Waals surface area contributed by atoms with Crippen molar-refractivity contribution in [3.05, 3.63) is 63.9 Å². The topological polar surface area (TPSA) is 69.0 Å². The van der Waals surface area contributed by atoms with Gasteiger partial charge in [-0.1, -0.05) is 53.2 Å². The van der Waals surface area contributed by atoms with Gasteiger partial charge >= 0.3 is 0 Å². The summed E-state index contributed by atoms with van der Waals surface area (Å²) >= 11 is 13.4. The van der Waals surface area contributed by atoms with Crippen LogP contribution in [0.25, 0.3) is 0 Å². The Hall–Kier alpha value is -2.22. The Labute approximate surface area is 183 Å². The van der Waals surface area contributed by atoms with Crippen molar-refractivity contribution in [1.82, 2.24) is 14.8 Å². The lowest BCUT2D eigenvalue weighted by molar-refractivity contribution is -0.113. The van der Waals surface area contributed by atoms with Gasteiger partial charge < -0.3 is 14.6 Å². The Kier molecular flexibility index (Phi) is 7.05. The highest BCUT2D eigenvalue weighted by molar-refractivity contribution is 7.99. The van der Waals surface area contributed by atoms with Crippen molar-refractivity contribution in [3.63, 3.8) is 0 Å². The molecule has 9 heteroatoms. The van der Waals surface area contributed by atoms with E-state index in [1.54, 1.807) is 18.2 Å². The van der Waals surface area contributed by atoms with E-state index in [-0.39, 0.29) is 17.8 Å². The van der Waals surface area contributed by atoms with Gasteiger partial charge in [0.1, 0.15) is 5.75 Å². The van der Waals surface area contributed by atoms with Crippen LogP contribution in [0, 0.1) is 6.92 Å². The molecule has 29 heavy (non-hydrogen) atoms. The van der Waals surface area contributed by atoms with Gasteiger partial charge in [-0.2, -0.15) is 0 Å². The van der Waals surface area contributed by atoms with Gasteiger partial charge in [0.05, 0.1) is 21.5 Å². The molecule has 6 nitrogen and oxygen atoms in total. The van der Waals surface area contributed by atoms with Gasteiger partial charge in [-0.25, -0.2) is 0 Å². The number of carbonyl (C=O) groups is 1. The highest BCUT2D eigenvalue weighted by atomic mass is 35.5. The van der Waals surface area contributed by atoms with Crippen molar-refractivity contribution in [2.24, 2.45) is 7.05 Å². The number of nitrogens with zero attached hydrogens (tertiary/aromatic N) is 3. The minimum Gasteiger partial charge on any atom is -0.483 e. The van der Waals surface area contributed by atoms with Gasteiger partial charge in [0.25, 0.3) is 0 Å². The Morgan fingerprint density at radius 2 is 1.90 bits per heavy atom. The number of ether oxygens (including phenoxy) is 1. The number of thioether (sulfide) groups is 1. The molecule has 1 unspecified atom stereocenters. The van der Waals surface area contributed by atoms with Crippen LogP contribution < -0.4 is 10.1 Å². The van der Waals surface area contributed by atoms with Gasteiger partial charge in [-0.05, 0) is 43.7 Å². The van der Waals surface area contributed by atoms with Crippen molar-refractivity contribution in [1.29, 1.82) is 0 Å². The quantitative estimate of drug-likeness (QED) is 0.494. The molecule has 1 heterocycles. The average Bonchev–Trinajstić information content (AvgIpc) is 3.04. The number of anilines is 1. The molecule has 0 aliphatic rings. The van der Waals surface area contributed by atoms with E-state index in [0.717, 1.165) is 11.3 Å². The summed E-state index contributed by atoms with van der Waals surface area (Å²) in [5.74, 6) is 1.34. The molecule has 1 amide bonds. The monoisotopic (exact) mass is 450 g/mol. The molecule has 0 aliphatic carbocycles. The van der Waals surface area contributed by atoms with E-state index in [2.05, 4.69) is 15.5 Å². The molecule has 2 aromatic carbocycles. The lowest BCUT2D eigenvalue weighted by Crippen LogP contribution is -2.15. The molecular weight excluding hydrogens is 431 g/mol. The van der Waals surface area contributed by atoms with Gasteiger partial charge in [0.2, 0.25) is 5.91 Å². The van der Waals surface area contributed by atoms with Crippen LogP contribution in [0.5, 0.6) is 5.75 Å². The van der Waals surface area contributed by atoms with E-state index in [4.69, 9.17) is 27.9 Å². The molecular formula is C20H20Cl2N4O2S. The largest absolute Gasteiger partial charge is 0.483 e. The van der Waals surface area contributed by atoms with Crippen LogP contribution in [0.15, 0.2) is 47.6 Å². The Balaban J connectivity index is 1.61. The summed E-state index contributed by atoms with van der Waals surface area (Å²) in [4.78, 5) is 12.3. The first-order chi connectivity index (χ1) is 13.8. The number of para-hydroxylation sites is 1. The fourth-order valence-electron chi connectivity index (χ4n) is 2.67. The SMILES string of the molecule is Cc1cccc(OC(C)c2nnc(SCC(=O)Nc3c(Cl)cccc3Cl)n2C)c1. The summed E-state index contributed by atoms with van der Waals surface area (Å²) in [5.41, 5.74) is 1.52. The molecule has 0 spiro atoms. The summed E-state index contributed by atoms with van der Waals surface area (Å²) in [6, 6.07) is 12.9. The van der Waals surface area contributed by atoms with E-state index in [9.17, 15) is 4.79 Å². The second-order valence-electron chi connectivity index (χ2n) is 6.41. The van der Waals surface area contributed by atoms with Gasteiger partial charge in [-0.15, -0.1) is 10.2 Å². The normalized spacial score (nSPS) is 11.9. The third kappa shape index (κ3) is 5.44. The molecule has 0 fully saturated rings. The fraction of sp³-hybridized carbons (Fsp3) is 0.250. The van der Waals surface area contributed by atoms with Crippen LogP contribution in [0.1, 0.15) is 24.4 Å². The predicted molar refractivity (Wildman–Crippen MR) is 117 cm³/mol.